The molecule has 1 aromatic carbocycles. The van der Waals surface area contributed by atoms with Crippen molar-refractivity contribution in [1.82, 2.24) is 14.7 Å². The van der Waals surface area contributed by atoms with E-state index in [-0.39, 0.29) is 0 Å². The number of likely N-dealkylation sites (N-methyl/N-ethyl adjacent to an activating group) is 1. The van der Waals surface area contributed by atoms with Gasteiger partial charge in [0, 0.05) is 45.9 Å². The fraction of sp³-hybridized carbons (Fsp3) is 0.750. The zero-order valence-electron chi connectivity index (χ0n) is 18.6. The van der Waals surface area contributed by atoms with Gasteiger partial charge in [-0.25, -0.2) is 0 Å². The van der Waals surface area contributed by atoms with Crippen LogP contribution < -0.4 is 0 Å². The molecule has 28 heavy (non-hydrogen) atoms. The average Bonchev–Trinajstić information content (AvgIpc) is 2.96. The summed E-state index contributed by atoms with van der Waals surface area (Å²) in [6.07, 6.45) is 8.02. The third-order valence-electron chi connectivity index (χ3n) is 5.99. The molecule has 1 heterocycles. The van der Waals surface area contributed by atoms with Gasteiger partial charge in [0.2, 0.25) is 0 Å². The zero-order chi connectivity index (χ0) is 20.0. The van der Waals surface area contributed by atoms with Gasteiger partial charge in [0.25, 0.3) is 0 Å². The maximum atomic E-state index is 5.28. The second-order valence-corrected chi connectivity index (χ2v) is 8.33. The van der Waals surface area contributed by atoms with Crippen molar-refractivity contribution in [2.45, 2.75) is 51.5 Å². The molecule has 1 atom stereocenters. The predicted octanol–water partition coefficient (Wildman–Crippen LogP) is 4.28. The topological polar surface area (TPSA) is 19.0 Å². The van der Waals surface area contributed by atoms with Gasteiger partial charge in [-0.2, -0.15) is 0 Å². The van der Waals surface area contributed by atoms with Crippen LogP contribution in [0.4, 0.5) is 0 Å². The van der Waals surface area contributed by atoms with Crippen LogP contribution in [-0.4, -0.2) is 81.3 Å². The monoisotopic (exact) mass is 389 g/mol. The van der Waals surface area contributed by atoms with E-state index in [2.05, 4.69) is 59.0 Å². The van der Waals surface area contributed by atoms with Crippen LogP contribution in [0.15, 0.2) is 30.3 Å². The van der Waals surface area contributed by atoms with Crippen LogP contribution in [0.3, 0.4) is 0 Å². The van der Waals surface area contributed by atoms with Crippen molar-refractivity contribution in [1.29, 1.82) is 0 Å². The standard InChI is InChI=1S/C24H43N3O/c1-4-5-6-7-11-15-25(2)22-24(23-13-9-8-10-14-23)27-17-12-16-26(18-19-27)20-21-28-3/h8-10,13-14,24H,4-7,11-12,15-22H2,1-3H3. The van der Waals surface area contributed by atoms with Gasteiger partial charge in [-0.05, 0) is 38.5 Å². The summed E-state index contributed by atoms with van der Waals surface area (Å²) >= 11 is 0. The molecule has 4 heteroatoms. The number of benzene rings is 1. The van der Waals surface area contributed by atoms with E-state index in [0.717, 1.165) is 32.8 Å². The van der Waals surface area contributed by atoms with E-state index in [0.29, 0.717) is 6.04 Å². The van der Waals surface area contributed by atoms with Crippen molar-refractivity contribution in [3.63, 3.8) is 0 Å². The summed E-state index contributed by atoms with van der Waals surface area (Å²) in [5.41, 5.74) is 1.46. The van der Waals surface area contributed by atoms with E-state index in [1.54, 1.807) is 7.11 Å². The number of nitrogens with zero attached hydrogens (tertiary/aromatic N) is 3. The molecular weight excluding hydrogens is 346 g/mol. The molecule has 0 aliphatic carbocycles. The van der Waals surface area contributed by atoms with Gasteiger partial charge in [-0.3, -0.25) is 9.80 Å². The molecule has 0 bridgehead atoms. The van der Waals surface area contributed by atoms with Crippen molar-refractivity contribution >= 4 is 0 Å². The highest BCUT2D eigenvalue weighted by Crippen LogP contribution is 2.23. The van der Waals surface area contributed by atoms with Gasteiger partial charge < -0.3 is 9.64 Å². The third-order valence-corrected chi connectivity index (χ3v) is 5.99. The molecule has 0 spiro atoms. The van der Waals surface area contributed by atoms with Crippen molar-refractivity contribution in [3.05, 3.63) is 35.9 Å². The Kier molecular flexibility index (Phi) is 11.8. The molecule has 1 saturated heterocycles. The van der Waals surface area contributed by atoms with Gasteiger partial charge in [-0.1, -0.05) is 62.9 Å². The largest absolute Gasteiger partial charge is 0.383 e. The third kappa shape index (κ3) is 8.60. The minimum Gasteiger partial charge on any atom is -0.383 e. The highest BCUT2D eigenvalue weighted by atomic mass is 16.5. The Bertz CT molecular complexity index is 496. The molecule has 1 aliphatic heterocycles. The zero-order valence-corrected chi connectivity index (χ0v) is 18.6. The van der Waals surface area contributed by atoms with Gasteiger partial charge in [0.15, 0.2) is 0 Å². The van der Waals surface area contributed by atoms with Crippen molar-refractivity contribution < 1.29 is 4.74 Å². The van der Waals surface area contributed by atoms with E-state index in [4.69, 9.17) is 4.74 Å². The molecule has 0 radical (unpaired) electrons. The molecule has 1 aromatic rings. The molecule has 0 N–H and O–H groups in total. The Morgan fingerprint density at radius 2 is 1.79 bits per heavy atom. The molecule has 4 nitrogen and oxygen atoms in total. The smallest absolute Gasteiger partial charge is 0.0589 e. The summed E-state index contributed by atoms with van der Waals surface area (Å²) in [7, 11) is 4.10. The normalized spacial score (nSPS) is 17.7. The molecule has 0 saturated carbocycles. The first-order valence-corrected chi connectivity index (χ1v) is 11.4. The van der Waals surface area contributed by atoms with E-state index in [9.17, 15) is 0 Å². The maximum absolute atomic E-state index is 5.28. The fourth-order valence-electron chi connectivity index (χ4n) is 4.23. The number of methoxy groups -OCH3 is 1. The van der Waals surface area contributed by atoms with Crippen molar-refractivity contribution in [2.75, 3.05) is 66.6 Å². The Morgan fingerprint density at radius 1 is 1.00 bits per heavy atom. The lowest BCUT2D eigenvalue weighted by atomic mass is 10.0. The molecule has 0 amide bonds. The van der Waals surface area contributed by atoms with Crippen LogP contribution in [0.25, 0.3) is 0 Å². The summed E-state index contributed by atoms with van der Waals surface area (Å²) in [5.74, 6) is 0. The van der Waals surface area contributed by atoms with Gasteiger partial charge in [-0.15, -0.1) is 0 Å². The first-order chi connectivity index (χ1) is 13.7. The number of rotatable bonds is 13. The van der Waals surface area contributed by atoms with E-state index in [1.165, 1.54) is 63.7 Å². The Labute approximate surface area is 173 Å². The number of ether oxygens (including phenoxy) is 1. The second kappa shape index (κ2) is 14.1. The van der Waals surface area contributed by atoms with Crippen LogP contribution in [0.2, 0.25) is 0 Å². The summed E-state index contributed by atoms with van der Waals surface area (Å²) in [6, 6.07) is 11.6. The highest BCUT2D eigenvalue weighted by Gasteiger charge is 2.24. The van der Waals surface area contributed by atoms with Crippen molar-refractivity contribution in [2.24, 2.45) is 0 Å². The first kappa shape index (κ1) is 23.3. The summed E-state index contributed by atoms with van der Waals surface area (Å²) in [6.45, 7) is 11.2. The lowest BCUT2D eigenvalue weighted by Crippen LogP contribution is -2.39. The minimum atomic E-state index is 0.490. The predicted molar refractivity (Wildman–Crippen MR) is 120 cm³/mol. The average molecular weight is 390 g/mol. The quantitative estimate of drug-likeness (QED) is 0.469. The van der Waals surface area contributed by atoms with E-state index >= 15 is 0 Å². The number of unbranched alkanes of at least 4 members (excludes halogenated alkanes) is 4. The second-order valence-electron chi connectivity index (χ2n) is 8.33. The molecule has 1 fully saturated rings. The Balaban J connectivity index is 1.92. The highest BCUT2D eigenvalue weighted by molar-refractivity contribution is 5.19. The van der Waals surface area contributed by atoms with Crippen molar-refractivity contribution in [3.8, 4) is 0 Å². The summed E-state index contributed by atoms with van der Waals surface area (Å²) in [4.78, 5) is 7.83. The van der Waals surface area contributed by atoms with Gasteiger partial charge in [0.05, 0.1) is 6.61 Å². The number of hydrogen-bond acceptors (Lipinski definition) is 4. The van der Waals surface area contributed by atoms with Crippen LogP contribution >= 0.6 is 0 Å². The lowest BCUT2D eigenvalue weighted by molar-refractivity contribution is 0.137. The van der Waals surface area contributed by atoms with Crippen LogP contribution in [0, 0.1) is 0 Å². The first-order valence-electron chi connectivity index (χ1n) is 11.4. The fourth-order valence-corrected chi connectivity index (χ4v) is 4.23. The maximum Gasteiger partial charge on any atom is 0.0589 e. The Morgan fingerprint density at radius 3 is 2.54 bits per heavy atom. The van der Waals surface area contributed by atoms with Gasteiger partial charge in [0.1, 0.15) is 0 Å². The molecule has 1 unspecified atom stereocenters. The van der Waals surface area contributed by atoms with Crippen LogP contribution in [0.1, 0.15) is 57.1 Å². The molecule has 160 valence electrons. The SMILES string of the molecule is CCCCCCCN(C)CC(c1ccccc1)N1CCCN(CCOC)CC1. The van der Waals surface area contributed by atoms with Crippen LogP contribution in [0.5, 0.6) is 0 Å². The number of hydrogen-bond donors (Lipinski definition) is 0. The van der Waals surface area contributed by atoms with Gasteiger partial charge >= 0.3 is 0 Å². The van der Waals surface area contributed by atoms with E-state index in [1.807, 2.05) is 0 Å². The summed E-state index contributed by atoms with van der Waals surface area (Å²) < 4.78 is 5.28. The molecule has 0 aromatic heterocycles. The molecule has 1 aliphatic rings. The van der Waals surface area contributed by atoms with E-state index < -0.39 is 0 Å². The molecule has 2 rings (SSSR count). The molecular formula is C24H43N3O. The lowest BCUT2D eigenvalue weighted by Gasteiger charge is -2.34. The summed E-state index contributed by atoms with van der Waals surface area (Å²) in [5, 5.41) is 0. The Hall–Kier alpha value is -0.940. The van der Waals surface area contributed by atoms with Crippen LogP contribution in [-0.2, 0) is 4.74 Å². The minimum absolute atomic E-state index is 0.490.